The highest BCUT2D eigenvalue weighted by molar-refractivity contribution is 9.10. The van der Waals surface area contributed by atoms with Crippen molar-refractivity contribution >= 4 is 39.6 Å². The van der Waals surface area contributed by atoms with Crippen molar-refractivity contribution in [1.29, 1.82) is 5.26 Å². The fraction of sp³-hybridized carbons (Fsp3) is 0.227. The van der Waals surface area contributed by atoms with Crippen molar-refractivity contribution in [2.45, 2.75) is 20.8 Å². The summed E-state index contributed by atoms with van der Waals surface area (Å²) >= 11 is 3.33. The van der Waals surface area contributed by atoms with E-state index in [1.807, 2.05) is 32.0 Å². The molecular formula is C22H21BrN2O5. The second-order valence-electron chi connectivity index (χ2n) is 6.32. The van der Waals surface area contributed by atoms with Crippen molar-refractivity contribution in [3.05, 3.63) is 57.1 Å². The zero-order valence-corrected chi connectivity index (χ0v) is 18.4. The molecule has 156 valence electrons. The summed E-state index contributed by atoms with van der Waals surface area (Å²) in [5.41, 5.74) is 3.00. The Morgan fingerprint density at radius 2 is 2.00 bits per heavy atom. The van der Waals surface area contributed by atoms with Crippen LogP contribution in [0.1, 0.15) is 23.6 Å². The van der Waals surface area contributed by atoms with E-state index in [1.54, 1.807) is 25.1 Å². The van der Waals surface area contributed by atoms with Crippen molar-refractivity contribution in [2.24, 2.45) is 0 Å². The third-order valence-electron chi connectivity index (χ3n) is 4.20. The minimum Gasteiger partial charge on any atom is -0.490 e. The van der Waals surface area contributed by atoms with Gasteiger partial charge in [0, 0.05) is 5.69 Å². The minimum atomic E-state index is -1.12. The van der Waals surface area contributed by atoms with Crippen LogP contribution in [0.5, 0.6) is 11.5 Å². The number of amides is 1. The van der Waals surface area contributed by atoms with E-state index in [2.05, 4.69) is 21.2 Å². The number of carbonyl (C=O) groups excluding carboxylic acids is 1. The number of aliphatic carboxylic acids is 1. The molecule has 0 bridgehead atoms. The lowest BCUT2D eigenvalue weighted by Crippen LogP contribution is -2.14. The van der Waals surface area contributed by atoms with Crippen molar-refractivity contribution in [1.82, 2.24) is 0 Å². The van der Waals surface area contributed by atoms with Gasteiger partial charge in [-0.2, -0.15) is 5.26 Å². The van der Waals surface area contributed by atoms with Gasteiger partial charge in [0.05, 0.1) is 11.1 Å². The van der Waals surface area contributed by atoms with E-state index < -0.39 is 18.5 Å². The quantitative estimate of drug-likeness (QED) is 0.433. The zero-order valence-electron chi connectivity index (χ0n) is 16.8. The number of benzene rings is 2. The Labute approximate surface area is 183 Å². The van der Waals surface area contributed by atoms with Gasteiger partial charge in [0.2, 0.25) is 0 Å². The van der Waals surface area contributed by atoms with Gasteiger partial charge in [-0.05, 0) is 77.7 Å². The second-order valence-corrected chi connectivity index (χ2v) is 7.17. The molecule has 0 atom stereocenters. The molecule has 0 heterocycles. The van der Waals surface area contributed by atoms with Gasteiger partial charge >= 0.3 is 5.97 Å². The van der Waals surface area contributed by atoms with Gasteiger partial charge in [-0.25, -0.2) is 4.79 Å². The summed E-state index contributed by atoms with van der Waals surface area (Å²) in [6.07, 6.45) is 1.43. The van der Waals surface area contributed by atoms with E-state index in [9.17, 15) is 14.9 Å². The number of carboxylic acid groups (broad SMARTS) is 1. The van der Waals surface area contributed by atoms with Crippen LogP contribution in [0.4, 0.5) is 5.69 Å². The van der Waals surface area contributed by atoms with Gasteiger partial charge in [-0.1, -0.05) is 12.1 Å². The Bertz CT molecular complexity index is 1040. The molecular weight excluding hydrogens is 452 g/mol. The van der Waals surface area contributed by atoms with Crippen molar-refractivity contribution in [3.63, 3.8) is 0 Å². The zero-order chi connectivity index (χ0) is 22.3. The third kappa shape index (κ3) is 5.84. The molecule has 30 heavy (non-hydrogen) atoms. The summed E-state index contributed by atoms with van der Waals surface area (Å²) in [5, 5.41) is 21.1. The van der Waals surface area contributed by atoms with Crippen LogP contribution in [0.2, 0.25) is 0 Å². The average molecular weight is 473 g/mol. The summed E-state index contributed by atoms with van der Waals surface area (Å²) in [7, 11) is 0. The summed E-state index contributed by atoms with van der Waals surface area (Å²) in [6, 6.07) is 10.6. The SMILES string of the molecule is CCOc1cc(/C=C(\C#N)C(=O)Nc2cccc(C)c2C)cc(Br)c1OCC(=O)O. The summed E-state index contributed by atoms with van der Waals surface area (Å²) in [5.74, 6) is -1.13. The molecule has 0 aromatic heterocycles. The molecule has 2 N–H and O–H groups in total. The maximum atomic E-state index is 12.6. The molecule has 0 aliphatic carbocycles. The predicted molar refractivity (Wildman–Crippen MR) is 117 cm³/mol. The van der Waals surface area contributed by atoms with Crippen molar-refractivity contribution in [3.8, 4) is 17.6 Å². The number of nitrogens with one attached hydrogen (secondary N) is 1. The number of hydrogen-bond acceptors (Lipinski definition) is 5. The fourth-order valence-electron chi connectivity index (χ4n) is 2.60. The first-order valence-electron chi connectivity index (χ1n) is 9.07. The molecule has 1 amide bonds. The minimum absolute atomic E-state index is 0.0931. The van der Waals surface area contributed by atoms with Gasteiger partial charge in [-0.15, -0.1) is 0 Å². The van der Waals surface area contributed by atoms with Crippen LogP contribution in [0.3, 0.4) is 0 Å². The highest BCUT2D eigenvalue weighted by atomic mass is 79.9. The lowest BCUT2D eigenvalue weighted by atomic mass is 10.1. The number of aryl methyl sites for hydroxylation is 1. The van der Waals surface area contributed by atoms with Crippen LogP contribution in [-0.4, -0.2) is 30.2 Å². The van der Waals surface area contributed by atoms with Crippen molar-refractivity contribution < 1.29 is 24.2 Å². The second kappa shape index (κ2) is 10.5. The van der Waals surface area contributed by atoms with E-state index in [1.165, 1.54) is 6.08 Å². The van der Waals surface area contributed by atoms with Crippen LogP contribution < -0.4 is 14.8 Å². The van der Waals surface area contributed by atoms with Crippen LogP contribution in [0.15, 0.2) is 40.4 Å². The van der Waals surface area contributed by atoms with Gasteiger partial charge < -0.3 is 19.9 Å². The van der Waals surface area contributed by atoms with E-state index in [4.69, 9.17) is 14.6 Å². The lowest BCUT2D eigenvalue weighted by molar-refractivity contribution is -0.139. The van der Waals surface area contributed by atoms with Crippen LogP contribution in [0, 0.1) is 25.2 Å². The van der Waals surface area contributed by atoms with E-state index in [-0.39, 0.29) is 11.3 Å². The number of carbonyl (C=O) groups is 2. The number of nitrogens with zero attached hydrogens (tertiary/aromatic N) is 1. The third-order valence-corrected chi connectivity index (χ3v) is 4.79. The standard InChI is InChI=1S/C22H21BrN2O5/c1-4-29-19-10-15(9-17(23)21(19)30-12-20(26)27)8-16(11-24)22(28)25-18-7-5-6-13(2)14(18)3/h5-10H,4,12H2,1-3H3,(H,25,28)(H,26,27)/b16-8+. The smallest absolute Gasteiger partial charge is 0.341 e. The number of anilines is 1. The molecule has 0 aliphatic rings. The summed E-state index contributed by atoms with van der Waals surface area (Å²) < 4.78 is 11.3. The first-order valence-corrected chi connectivity index (χ1v) is 9.86. The predicted octanol–water partition coefficient (Wildman–Crippen LogP) is 4.47. The molecule has 0 saturated heterocycles. The van der Waals surface area contributed by atoms with Crippen LogP contribution in [0.25, 0.3) is 6.08 Å². The topological polar surface area (TPSA) is 109 Å². The van der Waals surface area contributed by atoms with Crippen LogP contribution >= 0.6 is 15.9 Å². The Balaban J connectivity index is 2.36. The average Bonchev–Trinajstić information content (AvgIpc) is 2.69. The number of ether oxygens (including phenoxy) is 2. The maximum Gasteiger partial charge on any atom is 0.341 e. The number of carboxylic acids is 1. The molecule has 0 fully saturated rings. The maximum absolute atomic E-state index is 12.6. The molecule has 0 saturated carbocycles. The Morgan fingerprint density at radius 3 is 2.63 bits per heavy atom. The number of nitriles is 1. The van der Waals surface area contributed by atoms with Crippen molar-refractivity contribution in [2.75, 3.05) is 18.5 Å². The first kappa shape index (κ1) is 23.0. The van der Waals surface area contributed by atoms with E-state index in [0.29, 0.717) is 28.1 Å². The van der Waals surface area contributed by atoms with Gasteiger partial charge in [0.25, 0.3) is 5.91 Å². The van der Waals surface area contributed by atoms with Crippen LogP contribution in [-0.2, 0) is 9.59 Å². The van der Waals surface area contributed by atoms with E-state index in [0.717, 1.165) is 11.1 Å². The molecule has 2 rings (SSSR count). The molecule has 2 aromatic carbocycles. The number of rotatable bonds is 8. The molecule has 0 unspecified atom stereocenters. The monoisotopic (exact) mass is 472 g/mol. The normalized spacial score (nSPS) is 10.8. The molecule has 8 heteroatoms. The van der Waals surface area contributed by atoms with Gasteiger partial charge in [-0.3, -0.25) is 4.79 Å². The van der Waals surface area contributed by atoms with Gasteiger partial charge in [0.15, 0.2) is 18.1 Å². The first-order chi connectivity index (χ1) is 14.3. The van der Waals surface area contributed by atoms with Gasteiger partial charge in [0.1, 0.15) is 11.6 Å². The number of hydrogen-bond donors (Lipinski definition) is 2. The summed E-state index contributed by atoms with van der Waals surface area (Å²) in [6.45, 7) is 5.39. The number of halogens is 1. The molecule has 0 spiro atoms. The molecule has 0 aliphatic heterocycles. The Kier molecular flexibility index (Phi) is 8.01. The van der Waals surface area contributed by atoms with E-state index >= 15 is 0 Å². The molecule has 2 aromatic rings. The molecule has 7 nitrogen and oxygen atoms in total. The highest BCUT2D eigenvalue weighted by Gasteiger charge is 2.16. The highest BCUT2D eigenvalue weighted by Crippen LogP contribution is 2.37. The molecule has 0 radical (unpaired) electrons. The largest absolute Gasteiger partial charge is 0.490 e. The lowest BCUT2D eigenvalue weighted by Gasteiger charge is -2.14. The Hall–Kier alpha value is -3.31. The Morgan fingerprint density at radius 1 is 1.27 bits per heavy atom. The fourth-order valence-corrected chi connectivity index (χ4v) is 3.17. The summed E-state index contributed by atoms with van der Waals surface area (Å²) in [4.78, 5) is 23.4.